The van der Waals surface area contributed by atoms with Crippen LogP contribution in [0.25, 0.3) is 0 Å². The summed E-state index contributed by atoms with van der Waals surface area (Å²) in [5.74, 6) is -1.20. The number of amidine groups is 1. The van der Waals surface area contributed by atoms with E-state index in [0.29, 0.717) is 5.17 Å². The molecule has 2 fully saturated rings. The molecule has 0 aromatic carbocycles. The highest BCUT2D eigenvalue weighted by Crippen LogP contribution is 2.31. The van der Waals surface area contributed by atoms with Gasteiger partial charge < -0.3 is 10.5 Å². The van der Waals surface area contributed by atoms with Gasteiger partial charge in [-0.25, -0.2) is 15.0 Å². The molecule has 1 aliphatic heterocycles. The summed E-state index contributed by atoms with van der Waals surface area (Å²) in [6, 6.07) is -0.761. The van der Waals surface area contributed by atoms with Gasteiger partial charge in [-0.15, -0.1) is 0 Å². The molecule has 1 aliphatic carbocycles. The SMILES string of the molecule is COC(=O)C=C1SC(=NC2CCCCC2)N(NC(N)=O)C1=O. The summed E-state index contributed by atoms with van der Waals surface area (Å²) < 4.78 is 4.51. The second-order valence-corrected chi connectivity index (χ2v) is 5.96. The topological polar surface area (TPSA) is 114 Å². The number of methoxy groups -OCH3 is 1. The minimum Gasteiger partial charge on any atom is -0.466 e. The maximum Gasteiger partial charge on any atom is 0.331 e. The lowest BCUT2D eigenvalue weighted by Crippen LogP contribution is -2.48. The molecule has 1 saturated heterocycles. The normalized spacial score (nSPS) is 23.1. The highest BCUT2D eigenvalue weighted by molar-refractivity contribution is 8.18. The Bertz CT molecular complexity index is 540. The van der Waals surface area contributed by atoms with Crippen LogP contribution in [0.15, 0.2) is 16.0 Å². The van der Waals surface area contributed by atoms with Gasteiger partial charge in [-0.3, -0.25) is 9.79 Å². The summed E-state index contributed by atoms with van der Waals surface area (Å²) in [5.41, 5.74) is 7.31. The first-order chi connectivity index (χ1) is 10.5. The maximum absolute atomic E-state index is 12.2. The zero-order valence-electron chi connectivity index (χ0n) is 12.2. The van der Waals surface area contributed by atoms with Gasteiger partial charge >= 0.3 is 12.0 Å². The summed E-state index contributed by atoms with van der Waals surface area (Å²) in [6.45, 7) is 0. The van der Waals surface area contributed by atoms with Crippen molar-refractivity contribution in [3.05, 3.63) is 11.0 Å². The first-order valence-corrected chi connectivity index (χ1v) is 7.78. The van der Waals surface area contributed by atoms with E-state index < -0.39 is 17.9 Å². The Morgan fingerprint density at radius 1 is 1.41 bits per heavy atom. The van der Waals surface area contributed by atoms with Gasteiger partial charge in [0.1, 0.15) is 0 Å². The predicted octanol–water partition coefficient (Wildman–Crippen LogP) is 0.891. The van der Waals surface area contributed by atoms with Crippen LogP contribution in [0.5, 0.6) is 0 Å². The molecule has 0 aromatic heterocycles. The lowest BCUT2D eigenvalue weighted by Gasteiger charge is -2.20. The fourth-order valence-electron chi connectivity index (χ4n) is 2.30. The van der Waals surface area contributed by atoms with Crippen LogP contribution in [0.4, 0.5) is 4.79 Å². The van der Waals surface area contributed by atoms with Crippen LogP contribution in [0, 0.1) is 0 Å². The standard InChI is InChI=1S/C13H18N4O4S/c1-21-10(18)7-9-11(19)17(16-12(14)20)13(22-9)15-8-5-3-2-4-6-8/h7-8H,2-6H2,1H3,(H3,14,16,20). The van der Waals surface area contributed by atoms with Crippen molar-refractivity contribution in [2.75, 3.05) is 7.11 Å². The zero-order chi connectivity index (χ0) is 16.1. The van der Waals surface area contributed by atoms with Crippen molar-refractivity contribution in [2.45, 2.75) is 38.1 Å². The molecule has 0 bridgehead atoms. The summed E-state index contributed by atoms with van der Waals surface area (Å²) >= 11 is 1.02. The van der Waals surface area contributed by atoms with E-state index in [1.54, 1.807) is 0 Å². The van der Waals surface area contributed by atoms with E-state index in [1.165, 1.54) is 13.5 Å². The molecule has 0 unspecified atom stereocenters. The number of ether oxygens (including phenoxy) is 1. The fraction of sp³-hybridized carbons (Fsp3) is 0.538. The van der Waals surface area contributed by atoms with Gasteiger partial charge in [-0.2, -0.15) is 5.01 Å². The van der Waals surface area contributed by atoms with Crippen LogP contribution in [0.1, 0.15) is 32.1 Å². The Hall–Kier alpha value is -2.03. The number of hydrogen-bond donors (Lipinski definition) is 2. The molecule has 120 valence electrons. The number of amides is 3. The summed E-state index contributed by atoms with van der Waals surface area (Å²) in [5, 5.41) is 1.31. The van der Waals surface area contributed by atoms with E-state index in [0.717, 1.165) is 48.5 Å². The molecule has 2 rings (SSSR count). The molecule has 1 heterocycles. The molecule has 1 saturated carbocycles. The number of carbonyl (C=O) groups excluding carboxylic acids is 3. The van der Waals surface area contributed by atoms with Crippen LogP contribution < -0.4 is 11.2 Å². The van der Waals surface area contributed by atoms with Crippen molar-refractivity contribution in [3.63, 3.8) is 0 Å². The van der Waals surface area contributed by atoms with E-state index in [4.69, 9.17) is 5.73 Å². The number of nitrogens with one attached hydrogen (secondary N) is 1. The highest BCUT2D eigenvalue weighted by Gasteiger charge is 2.36. The van der Waals surface area contributed by atoms with Gasteiger partial charge in [-0.1, -0.05) is 19.3 Å². The van der Waals surface area contributed by atoms with Gasteiger partial charge in [0, 0.05) is 6.08 Å². The number of esters is 1. The van der Waals surface area contributed by atoms with Crippen LogP contribution in [-0.4, -0.2) is 41.2 Å². The van der Waals surface area contributed by atoms with Crippen LogP contribution in [0.3, 0.4) is 0 Å². The molecule has 0 radical (unpaired) electrons. The van der Waals surface area contributed by atoms with Gasteiger partial charge in [0.2, 0.25) is 0 Å². The average Bonchev–Trinajstić information content (AvgIpc) is 2.76. The number of nitrogens with zero attached hydrogens (tertiary/aromatic N) is 2. The number of nitrogens with two attached hydrogens (primary N) is 1. The monoisotopic (exact) mass is 326 g/mol. The Morgan fingerprint density at radius 3 is 2.68 bits per heavy atom. The van der Waals surface area contributed by atoms with Crippen molar-refractivity contribution < 1.29 is 19.1 Å². The minimum atomic E-state index is -0.871. The molecule has 0 aromatic rings. The van der Waals surface area contributed by atoms with Crippen molar-refractivity contribution >= 4 is 34.8 Å². The highest BCUT2D eigenvalue weighted by atomic mass is 32.2. The van der Waals surface area contributed by atoms with E-state index in [9.17, 15) is 14.4 Å². The number of aliphatic imine (C=N–C) groups is 1. The Kier molecular flexibility index (Phi) is 5.42. The lowest BCUT2D eigenvalue weighted by atomic mass is 9.96. The molecule has 3 N–H and O–H groups in total. The second kappa shape index (κ2) is 7.30. The molecule has 22 heavy (non-hydrogen) atoms. The van der Waals surface area contributed by atoms with Gasteiger partial charge in [0.15, 0.2) is 5.17 Å². The molecule has 8 nitrogen and oxygen atoms in total. The second-order valence-electron chi connectivity index (χ2n) is 4.95. The van der Waals surface area contributed by atoms with E-state index in [1.807, 2.05) is 0 Å². The fourth-order valence-corrected chi connectivity index (χ4v) is 3.25. The molecule has 3 amide bonds. The number of rotatable bonds is 3. The first-order valence-electron chi connectivity index (χ1n) is 6.97. The van der Waals surface area contributed by atoms with E-state index in [-0.39, 0.29) is 10.9 Å². The van der Waals surface area contributed by atoms with Gasteiger partial charge in [-0.05, 0) is 24.6 Å². The molecule has 9 heteroatoms. The first kappa shape index (κ1) is 16.3. The lowest BCUT2D eigenvalue weighted by molar-refractivity contribution is -0.135. The van der Waals surface area contributed by atoms with Crippen LogP contribution >= 0.6 is 11.8 Å². The van der Waals surface area contributed by atoms with E-state index >= 15 is 0 Å². The summed E-state index contributed by atoms with van der Waals surface area (Å²) in [4.78, 5) is 39.3. The minimum absolute atomic E-state index is 0.110. The smallest absolute Gasteiger partial charge is 0.331 e. The average molecular weight is 326 g/mol. The van der Waals surface area contributed by atoms with Crippen molar-refractivity contribution in [3.8, 4) is 0 Å². The quantitative estimate of drug-likeness (QED) is 0.590. The van der Waals surface area contributed by atoms with Crippen molar-refractivity contribution in [1.82, 2.24) is 10.4 Å². The third kappa shape index (κ3) is 4.00. The van der Waals surface area contributed by atoms with Gasteiger partial charge in [0.25, 0.3) is 5.91 Å². The maximum atomic E-state index is 12.2. The molecule has 0 spiro atoms. The van der Waals surface area contributed by atoms with Gasteiger partial charge in [0.05, 0.1) is 18.1 Å². The number of primary amides is 1. The largest absolute Gasteiger partial charge is 0.466 e. The zero-order valence-corrected chi connectivity index (χ0v) is 13.0. The van der Waals surface area contributed by atoms with Crippen LogP contribution in [-0.2, 0) is 14.3 Å². The molecule has 2 aliphatic rings. The number of hydrazine groups is 1. The van der Waals surface area contributed by atoms with Crippen molar-refractivity contribution in [1.29, 1.82) is 0 Å². The Labute approximate surface area is 132 Å². The summed E-state index contributed by atoms with van der Waals surface area (Å²) in [7, 11) is 1.22. The Balaban J connectivity index is 2.23. The molecule has 0 atom stereocenters. The molecular formula is C13H18N4O4S. The third-order valence-electron chi connectivity index (χ3n) is 3.35. The number of urea groups is 1. The van der Waals surface area contributed by atoms with Crippen molar-refractivity contribution in [2.24, 2.45) is 10.7 Å². The van der Waals surface area contributed by atoms with Crippen LogP contribution in [0.2, 0.25) is 0 Å². The number of carbonyl (C=O) groups is 3. The number of thioether (sulfide) groups is 1. The summed E-state index contributed by atoms with van der Waals surface area (Å²) in [6.07, 6.45) is 6.33. The Morgan fingerprint density at radius 2 is 2.09 bits per heavy atom. The third-order valence-corrected chi connectivity index (χ3v) is 4.33. The molecular weight excluding hydrogens is 308 g/mol. The number of hydrogen-bond acceptors (Lipinski definition) is 6. The van der Waals surface area contributed by atoms with E-state index in [2.05, 4.69) is 15.2 Å². The predicted molar refractivity (Wildman–Crippen MR) is 81.6 cm³/mol.